The number of benzene rings is 2. The van der Waals surface area contributed by atoms with E-state index in [1.165, 1.54) is 0 Å². The molecule has 3 nitrogen and oxygen atoms in total. The number of carbonyl (C=O) groups is 1. The van der Waals surface area contributed by atoms with Crippen molar-refractivity contribution < 1.29 is 4.79 Å². The molecule has 0 atom stereocenters. The third kappa shape index (κ3) is 2.45. The number of anilines is 2. The highest BCUT2D eigenvalue weighted by Crippen LogP contribution is 2.24. The molecular weight excluding hydrogens is 212 g/mol. The summed E-state index contributed by atoms with van der Waals surface area (Å²) in [5.41, 5.74) is 8.56. The van der Waals surface area contributed by atoms with Gasteiger partial charge in [0.15, 0.2) is 0 Å². The third-order valence-corrected chi connectivity index (χ3v) is 2.58. The summed E-state index contributed by atoms with van der Waals surface area (Å²) < 4.78 is 0. The van der Waals surface area contributed by atoms with Gasteiger partial charge in [0.1, 0.15) is 0 Å². The summed E-state index contributed by atoms with van der Waals surface area (Å²) in [5.74, 6) is -0.424. The number of hydrogen-bond acceptors (Lipinski definition) is 2. The van der Waals surface area contributed by atoms with E-state index in [9.17, 15) is 4.79 Å². The Morgan fingerprint density at radius 3 is 2.41 bits per heavy atom. The van der Waals surface area contributed by atoms with Crippen molar-refractivity contribution in [1.82, 2.24) is 0 Å². The molecule has 3 heteroatoms. The molecule has 0 aromatic heterocycles. The van der Waals surface area contributed by atoms with Gasteiger partial charge in [0.2, 0.25) is 0 Å². The number of rotatable bonds is 3. The van der Waals surface area contributed by atoms with Gasteiger partial charge in [0, 0.05) is 5.69 Å². The molecule has 0 fully saturated rings. The normalized spacial score (nSPS) is 9.94. The van der Waals surface area contributed by atoms with Gasteiger partial charge in [0.25, 0.3) is 5.91 Å². The molecule has 2 aromatic carbocycles. The topological polar surface area (TPSA) is 55.1 Å². The van der Waals surface area contributed by atoms with Crippen LogP contribution < -0.4 is 11.1 Å². The predicted molar refractivity (Wildman–Crippen MR) is 69.4 cm³/mol. The second-order valence-corrected chi connectivity index (χ2v) is 3.85. The summed E-state index contributed by atoms with van der Waals surface area (Å²) in [7, 11) is 0. The molecule has 0 heterocycles. The van der Waals surface area contributed by atoms with Crippen molar-refractivity contribution >= 4 is 17.3 Å². The van der Waals surface area contributed by atoms with E-state index in [1.807, 2.05) is 49.4 Å². The monoisotopic (exact) mass is 226 g/mol. The number of carbonyl (C=O) groups excluding carboxylic acids is 1. The summed E-state index contributed by atoms with van der Waals surface area (Å²) in [6, 6.07) is 15.2. The van der Waals surface area contributed by atoms with Crippen LogP contribution in [0.25, 0.3) is 0 Å². The summed E-state index contributed by atoms with van der Waals surface area (Å²) in [6.45, 7) is 1.94. The van der Waals surface area contributed by atoms with Crippen molar-refractivity contribution in [3.63, 3.8) is 0 Å². The van der Waals surface area contributed by atoms with E-state index in [4.69, 9.17) is 5.73 Å². The van der Waals surface area contributed by atoms with Gasteiger partial charge in [0.05, 0.1) is 11.3 Å². The Morgan fingerprint density at radius 1 is 1.06 bits per heavy atom. The lowest BCUT2D eigenvalue weighted by atomic mass is 10.1. The Balaban J connectivity index is 2.41. The first-order valence-corrected chi connectivity index (χ1v) is 5.40. The lowest BCUT2D eigenvalue weighted by Gasteiger charge is -2.12. The highest BCUT2D eigenvalue weighted by Gasteiger charge is 2.09. The molecule has 86 valence electrons. The lowest BCUT2D eigenvalue weighted by Crippen LogP contribution is -2.13. The standard InChI is InChI=1S/C14H14N2O/c1-10-6-5-9-12(14(15)17)13(10)16-11-7-3-2-4-8-11/h2-9,16H,1H3,(H2,15,17). The Labute approximate surface area is 100 Å². The molecule has 0 bridgehead atoms. The van der Waals surface area contributed by atoms with E-state index in [2.05, 4.69) is 5.32 Å². The molecule has 0 radical (unpaired) electrons. The van der Waals surface area contributed by atoms with Crippen LogP contribution in [0.1, 0.15) is 15.9 Å². The SMILES string of the molecule is Cc1cccc(C(N)=O)c1Nc1ccccc1. The van der Waals surface area contributed by atoms with Crippen molar-refractivity contribution in [3.8, 4) is 0 Å². The molecule has 17 heavy (non-hydrogen) atoms. The van der Waals surface area contributed by atoms with Crippen LogP contribution in [0.15, 0.2) is 48.5 Å². The second-order valence-electron chi connectivity index (χ2n) is 3.85. The molecule has 0 aliphatic carbocycles. The summed E-state index contributed by atoms with van der Waals surface area (Å²) in [6.07, 6.45) is 0. The van der Waals surface area contributed by atoms with Gasteiger partial charge in [-0.25, -0.2) is 0 Å². The maximum absolute atomic E-state index is 11.3. The zero-order chi connectivity index (χ0) is 12.3. The van der Waals surface area contributed by atoms with E-state index in [-0.39, 0.29) is 0 Å². The molecule has 0 saturated carbocycles. The average Bonchev–Trinajstić information content (AvgIpc) is 2.33. The minimum atomic E-state index is -0.424. The maximum Gasteiger partial charge on any atom is 0.250 e. The van der Waals surface area contributed by atoms with Crippen molar-refractivity contribution in [3.05, 3.63) is 59.7 Å². The molecule has 2 rings (SSSR count). The first-order valence-electron chi connectivity index (χ1n) is 5.40. The maximum atomic E-state index is 11.3. The first kappa shape index (κ1) is 11.2. The molecule has 0 spiro atoms. The van der Waals surface area contributed by atoms with Crippen LogP contribution >= 0.6 is 0 Å². The molecule has 0 aliphatic heterocycles. The van der Waals surface area contributed by atoms with Gasteiger partial charge in [-0.1, -0.05) is 30.3 Å². The third-order valence-electron chi connectivity index (χ3n) is 2.58. The Hall–Kier alpha value is -2.29. The van der Waals surface area contributed by atoms with Crippen LogP contribution in [-0.4, -0.2) is 5.91 Å². The summed E-state index contributed by atoms with van der Waals surface area (Å²) >= 11 is 0. The van der Waals surface area contributed by atoms with Crippen LogP contribution in [0.3, 0.4) is 0 Å². The number of nitrogens with two attached hydrogens (primary N) is 1. The van der Waals surface area contributed by atoms with Gasteiger partial charge < -0.3 is 11.1 Å². The van der Waals surface area contributed by atoms with Crippen LogP contribution in [0.2, 0.25) is 0 Å². The fourth-order valence-electron chi connectivity index (χ4n) is 1.70. The van der Waals surface area contributed by atoms with E-state index in [0.717, 1.165) is 16.9 Å². The Kier molecular flexibility index (Phi) is 3.10. The minimum absolute atomic E-state index is 0.424. The van der Waals surface area contributed by atoms with Gasteiger partial charge in [-0.05, 0) is 30.7 Å². The van der Waals surface area contributed by atoms with Crippen molar-refractivity contribution in [1.29, 1.82) is 0 Å². The lowest BCUT2D eigenvalue weighted by molar-refractivity contribution is 0.100. The van der Waals surface area contributed by atoms with Crippen molar-refractivity contribution in [2.24, 2.45) is 5.73 Å². The number of primary amides is 1. The number of amides is 1. The van der Waals surface area contributed by atoms with E-state index in [0.29, 0.717) is 5.56 Å². The summed E-state index contributed by atoms with van der Waals surface area (Å²) in [4.78, 5) is 11.3. The average molecular weight is 226 g/mol. The van der Waals surface area contributed by atoms with Crippen LogP contribution in [0, 0.1) is 6.92 Å². The van der Waals surface area contributed by atoms with Gasteiger partial charge in [-0.2, -0.15) is 0 Å². The Bertz CT molecular complexity index is 535. The predicted octanol–water partition coefficient (Wildman–Crippen LogP) is 2.84. The quantitative estimate of drug-likeness (QED) is 0.845. The minimum Gasteiger partial charge on any atom is -0.366 e. The van der Waals surface area contributed by atoms with Gasteiger partial charge in [-0.15, -0.1) is 0 Å². The van der Waals surface area contributed by atoms with Gasteiger partial charge >= 0.3 is 0 Å². The van der Waals surface area contributed by atoms with Crippen LogP contribution in [-0.2, 0) is 0 Å². The van der Waals surface area contributed by atoms with E-state index in [1.54, 1.807) is 6.07 Å². The largest absolute Gasteiger partial charge is 0.366 e. The zero-order valence-corrected chi connectivity index (χ0v) is 9.60. The molecule has 0 unspecified atom stereocenters. The van der Waals surface area contributed by atoms with Crippen molar-refractivity contribution in [2.75, 3.05) is 5.32 Å². The highest BCUT2D eigenvalue weighted by molar-refractivity contribution is 5.99. The Morgan fingerprint density at radius 2 is 1.76 bits per heavy atom. The second kappa shape index (κ2) is 4.70. The highest BCUT2D eigenvalue weighted by atomic mass is 16.1. The number of nitrogens with one attached hydrogen (secondary N) is 1. The fraction of sp³-hybridized carbons (Fsp3) is 0.0714. The molecule has 1 amide bonds. The summed E-state index contributed by atoms with van der Waals surface area (Å²) in [5, 5.41) is 3.22. The van der Waals surface area contributed by atoms with E-state index < -0.39 is 5.91 Å². The number of para-hydroxylation sites is 2. The van der Waals surface area contributed by atoms with Gasteiger partial charge in [-0.3, -0.25) is 4.79 Å². The number of hydrogen-bond donors (Lipinski definition) is 2. The molecule has 0 aliphatic rings. The van der Waals surface area contributed by atoms with Crippen LogP contribution in [0.5, 0.6) is 0 Å². The fourth-order valence-corrected chi connectivity index (χ4v) is 1.70. The molecule has 0 saturated heterocycles. The first-order chi connectivity index (χ1) is 8.18. The van der Waals surface area contributed by atoms with Crippen molar-refractivity contribution in [2.45, 2.75) is 6.92 Å². The smallest absolute Gasteiger partial charge is 0.250 e. The molecular formula is C14H14N2O. The molecule has 2 aromatic rings. The zero-order valence-electron chi connectivity index (χ0n) is 9.60. The van der Waals surface area contributed by atoms with Crippen LogP contribution in [0.4, 0.5) is 11.4 Å². The molecule has 3 N–H and O–H groups in total. The number of aryl methyl sites for hydroxylation is 1. The van der Waals surface area contributed by atoms with E-state index >= 15 is 0 Å².